The molecule has 3 heteroatoms. The number of esters is 1. The van der Waals surface area contributed by atoms with Crippen molar-refractivity contribution >= 4 is 5.97 Å². The summed E-state index contributed by atoms with van der Waals surface area (Å²) in [6.07, 6.45) is 5.16. The van der Waals surface area contributed by atoms with Crippen LogP contribution in [0.4, 0.5) is 0 Å². The first-order chi connectivity index (χ1) is 5.66. The Morgan fingerprint density at radius 3 is 2.67 bits per heavy atom. The van der Waals surface area contributed by atoms with Gasteiger partial charge in [-0.15, -0.1) is 0 Å². The second kappa shape index (κ2) is 6.61. The van der Waals surface area contributed by atoms with E-state index >= 15 is 0 Å². The van der Waals surface area contributed by atoms with E-state index in [9.17, 15) is 4.79 Å². The number of hydrogen-bond donors (Lipinski definition) is 1. The molecule has 12 heavy (non-hydrogen) atoms. The van der Waals surface area contributed by atoms with Gasteiger partial charge in [-0.05, 0) is 13.0 Å². The zero-order valence-electron chi connectivity index (χ0n) is 7.41. The predicted molar refractivity (Wildman–Crippen MR) is 46.6 cm³/mol. The fourth-order valence-corrected chi connectivity index (χ4v) is 0.597. The molecule has 0 heterocycles. The summed E-state index contributed by atoms with van der Waals surface area (Å²) in [5.41, 5.74) is 0.963. The van der Waals surface area contributed by atoms with E-state index in [4.69, 9.17) is 5.11 Å². The molecule has 1 N–H and O–H groups in total. The largest absolute Gasteiger partial charge is 0.462 e. The van der Waals surface area contributed by atoms with Gasteiger partial charge in [-0.3, -0.25) is 4.79 Å². The summed E-state index contributed by atoms with van der Waals surface area (Å²) in [4.78, 5) is 10.3. The van der Waals surface area contributed by atoms with Crippen molar-refractivity contribution in [1.82, 2.24) is 0 Å². The molecule has 0 aliphatic heterocycles. The fraction of sp³-hybridized carbons (Fsp3) is 0.444. The molecule has 0 unspecified atom stereocenters. The second-order valence-corrected chi connectivity index (χ2v) is 2.34. The molecule has 0 spiro atoms. The molecule has 0 aromatic rings. The monoisotopic (exact) mass is 170 g/mol. The number of rotatable bonds is 4. The first-order valence-corrected chi connectivity index (χ1v) is 3.74. The minimum absolute atomic E-state index is 0.0265. The lowest BCUT2D eigenvalue weighted by Gasteiger charge is -1.96. The van der Waals surface area contributed by atoms with Gasteiger partial charge in [0, 0.05) is 6.92 Å². The van der Waals surface area contributed by atoms with Crippen LogP contribution in [0.5, 0.6) is 0 Å². The maximum absolute atomic E-state index is 10.3. The molecule has 0 fully saturated rings. The number of aliphatic hydroxyl groups is 1. The minimum atomic E-state index is -0.287. The summed E-state index contributed by atoms with van der Waals surface area (Å²) >= 11 is 0. The average Bonchev–Trinajstić information content (AvgIpc) is 2.00. The van der Waals surface area contributed by atoms with Gasteiger partial charge in [-0.25, -0.2) is 0 Å². The van der Waals surface area contributed by atoms with E-state index in [-0.39, 0.29) is 19.2 Å². The fourth-order valence-electron chi connectivity index (χ4n) is 0.597. The van der Waals surface area contributed by atoms with Gasteiger partial charge in [0.15, 0.2) is 0 Å². The van der Waals surface area contributed by atoms with Gasteiger partial charge >= 0.3 is 5.97 Å². The number of allylic oxidation sites excluding steroid dienone is 2. The Hall–Kier alpha value is -1.09. The molecule has 0 aliphatic carbocycles. The van der Waals surface area contributed by atoms with E-state index in [1.54, 1.807) is 18.2 Å². The highest BCUT2D eigenvalue weighted by atomic mass is 16.5. The number of ether oxygens (including phenoxy) is 1. The third-order valence-electron chi connectivity index (χ3n) is 1.18. The van der Waals surface area contributed by atoms with E-state index in [0.717, 1.165) is 5.57 Å². The smallest absolute Gasteiger partial charge is 0.302 e. The van der Waals surface area contributed by atoms with E-state index in [0.29, 0.717) is 0 Å². The number of carbonyl (C=O) groups is 1. The van der Waals surface area contributed by atoms with E-state index < -0.39 is 0 Å². The van der Waals surface area contributed by atoms with Crippen molar-refractivity contribution in [3.8, 4) is 0 Å². The lowest BCUT2D eigenvalue weighted by Crippen LogP contribution is -1.97. The van der Waals surface area contributed by atoms with E-state index in [2.05, 4.69) is 4.74 Å². The predicted octanol–water partition coefficient (Wildman–Crippen LogP) is 1.04. The molecule has 0 rings (SSSR count). The van der Waals surface area contributed by atoms with Crippen LogP contribution in [0, 0.1) is 0 Å². The minimum Gasteiger partial charge on any atom is -0.462 e. The van der Waals surface area contributed by atoms with Crippen LogP contribution in [0.2, 0.25) is 0 Å². The van der Waals surface area contributed by atoms with Crippen molar-refractivity contribution in [2.45, 2.75) is 13.8 Å². The van der Waals surface area contributed by atoms with Crippen molar-refractivity contribution in [3.05, 3.63) is 23.8 Å². The zero-order valence-corrected chi connectivity index (χ0v) is 7.41. The Kier molecular flexibility index (Phi) is 6.01. The lowest BCUT2D eigenvalue weighted by atomic mass is 10.2. The molecule has 0 aromatic heterocycles. The number of aliphatic hydroxyl groups excluding tert-OH is 1. The SMILES string of the molecule is CC(=O)OC/C=C(C)/C=C/CO. The van der Waals surface area contributed by atoms with E-state index in [1.807, 2.05) is 6.92 Å². The zero-order chi connectivity index (χ0) is 9.40. The lowest BCUT2D eigenvalue weighted by molar-refractivity contribution is -0.139. The van der Waals surface area contributed by atoms with E-state index in [1.165, 1.54) is 6.92 Å². The maximum atomic E-state index is 10.3. The average molecular weight is 170 g/mol. The second-order valence-electron chi connectivity index (χ2n) is 2.34. The first kappa shape index (κ1) is 10.9. The van der Waals surface area contributed by atoms with Crippen molar-refractivity contribution in [2.75, 3.05) is 13.2 Å². The Balaban J connectivity index is 3.69. The highest BCUT2D eigenvalue weighted by molar-refractivity contribution is 5.66. The number of hydrogen-bond acceptors (Lipinski definition) is 3. The van der Waals surface area contributed by atoms with Crippen LogP contribution in [0.3, 0.4) is 0 Å². The van der Waals surface area contributed by atoms with Gasteiger partial charge in [-0.2, -0.15) is 0 Å². The summed E-state index contributed by atoms with van der Waals surface area (Å²) in [7, 11) is 0. The molecule has 3 nitrogen and oxygen atoms in total. The normalized spacial score (nSPS) is 12.1. The Morgan fingerprint density at radius 2 is 2.17 bits per heavy atom. The molecular weight excluding hydrogens is 156 g/mol. The maximum Gasteiger partial charge on any atom is 0.302 e. The highest BCUT2D eigenvalue weighted by Gasteiger charge is 1.87. The van der Waals surface area contributed by atoms with Crippen LogP contribution in [-0.2, 0) is 9.53 Å². The third-order valence-corrected chi connectivity index (χ3v) is 1.18. The first-order valence-electron chi connectivity index (χ1n) is 3.74. The topological polar surface area (TPSA) is 46.5 Å². The number of carbonyl (C=O) groups excluding carboxylic acids is 1. The third kappa shape index (κ3) is 7.02. The van der Waals surface area contributed by atoms with Crippen molar-refractivity contribution in [1.29, 1.82) is 0 Å². The summed E-state index contributed by atoms with van der Waals surface area (Å²) in [5, 5.41) is 8.43. The van der Waals surface area contributed by atoms with Gasteiger partial charge in [0.25, 0.3) is 0 Å². The van der Waals surface area contributed by atoms with Gasteiger partial charge in [0.05, 0.1) is 6.61 Å². The summed E-state index contributed by atoms with van der Waals surface area (Å²) in [6, 6.07) is 0. The van der Waals surface area contributed by atoms with Crippen LogP contribution in [-0.4, -0.2) is 24.3 Å². The molecule has 0 atom stereocenters. The molecule has 0 amide bonds. The van der Waals surface area contributed by atoms with Crippen LogP contribution in [0.25, 0.3) is 0 Å². The Bertz CT molecular complexity index is 192. The molecule has 0 aliphatic rings. The van der Waals surface area contributed by atoms with Gasteiger partial charge in [0.2, 0.25) is 0 Å². The molecule has 0 saturated heterocycles. The Morgan fingerprint density at radius 1 is 1.50 bits per heavy atom. The molecule has 0 bridgehead atoms. The summed E-state index contributed by atoms with van der Waals surface area (Å²) in [6.45, 7) is 3.55. The quantitative estimate of drug-likeness (QED) is 0.506. The van der Waals surface area contributed by atoms with Gasteiger partial charge < -0.3 is 9.84 Å². The van der Waals surface area contributed by atoms with Crippen LogP contribution in [0.15, 0.2) is 23.8 Å². The molecule has 0 aromatic carbocycles. The van der Waals surface area contributed by atoms with Gasteiger partial charge in [0.1, 0.15) is 6.61 Å². The molecule has 68 valence electrons. The molecular formula is C9H14O3. The van der Waals surface area contributed by atoms with Crippen LogP contribution >= 0.6 is 0 Å². The summed E-state index contributed by atoms with van der Waals surface area (Å²) in [5.74, 6) is -0.287. The Labute approximate surface area is 72.3 Å². The van der Waals surface area contributed by atoms with Crippen molar-refractivity contribution in [2.24, 2.45) is 0 Å². The van der Waals surface area contributed by atoms with Crippen molar-refractivity contribution in [3.63, 3.8) is 0 Å². The van der Waals surface area contributed by atoms with Crippen LogP contribution in [0.1, 0.15) is 13.8 Å². The van der Waals surface area contributed by atoms with Crippen molar-refractivity contribution < 1.29 is 14.6 Å². The standard InChI is InChI=1S/C9H14O3/c1-8(4-3-6-10)5-7-12-9(2)11/h3-5,10H,6-7H2,1-2H3/b4-3+,8-5+. The molecule has 0 radical (unpaired) electrons. The highest BCUT2D eigenvalue weighted by Crippen LogP contribution is 1.94. The van der Waals surface area contributed by atoms with Gasteiger partial charge in [-0.1, -0.05) is 17.7 Å². The summed E-state index contributed by atoms with van der Waals surface area (Å²) < 4.78 is 4.68. The van der Waals surface area contributed by atoms with Crippen LogP contribution < -0.4 is 0 Å². The molecule has 0 saturated carbocycles.